The van der Waals surface area contributed by atoms with Crippen molar-refractivity contribution in [3.05, 3.63) is 20.9 Å². The lowest BCUT2D eigenvalue weighted by Crippen LogP contribution is -1.90. The van der Waals surface area contributed by atoms with E-state index in [0.29, 0.717) is 6.00 Å². The highest BCUT2D eigenvalue weighted by Crippen LogP contribution is 2.37. The van der Waals surface area contributed by atoms with Crippen LogP contribution in [0.3, 0.4) is 0 Å². The highest BCUT2D eigenvalue weighted by Gasteiger charge is 2.13. The number of alkyl halides is 1. The SMILES string of the molecule is C/C=C1/SC(Br)=CC1=NCCl. The molecule has 0 radical (unpaired) electrons. The van der Waals surface area contributed by atoms with Gasteiger partial charge in [-0.3, -0.25) is 4.99 Å². The molecule has 1 rings (SSSR count). The van der Waals surface area contributed by atoms with Gasteiger partial charge >= 0.3 is 0 Å². The molecule has 0 aromatic rings. The zero-order chi connectivity index (χ0) is 8.27. The molecular formula is C7H7BrClNS. The van der Waals surface area contributed by atoms with Crippen molar-refractivity contribution in [3.8, 4) is 0 Å². The minimum atomic E-state index is 0.323. The van der Waals surface area contributed by atoms with Crippen molar-refractivity contribution < 1.29 is 0 Å². The number of thioether (sulfide) groups is 1. The molecule has 0 bridgehead atoms. The standard InChI is InChI=1S/C7H7BrClNS/c1-2-6-5(10-4-9)3-7(8)11-6/h2-3H,4H2,1H3/b6-2+,10-5?. The normalized spacial score (nSPS) is 24.8. The van der Waals surface area contributed by atoms with Crippen molar-refractivity contribution in [2.45, 2.75) is 6.92 Å². The Morgan fingerprint density at radius 1 is 1.82 bits per heavy atom. The van der Waals surface area contributed by atoms with Gasteiger partial charge in [-0.2, -0.15) is 0 Å². The van der Waals surface area contributed by atoms with Gasteiger partial charge in [-0.15, -0.1) is 11.6 Å². The zero-order valence-corrected chi connectivity index (χ0v) is 9.13. The summed E-state index contributed by atoms with van der Waals surface area (Å²) >= 11 is 10.5. The van der Waals surface area contributed by atoms with Crippen LogP contribution in [-0.2, 0) is 0 Å². The minimum Gasteiger partial charge on any atom is -0.268 e. The highest BCUT2D eigenvalue weighted by molar-refractivity contribution is 9.14. The lowest BCUT2D eigenvalue weighted by atomic mass is 10.3. The van der Waals surface area contributed by atoms with E-state index >= 15 is 0 Å². The Kier molecular flexibility index (Phi) is 3.69. The van der Waals surface area contributed by atoms with E-state index in [2.05, 4.69) is 20.9 Å². The Morgan fingerprint density at radius 2 is 2.55 bits per heavy atom. The summed E-state index contributed by atoms with van der Waals surface area (Å²) in [6, 6.07) is 0.323. The Bertz CT molecular complexity index is 245. The third-order valence-electron chi connectivity index (χ3n) is 1.20. The summed E-state index contributed by atoms with van der Waals surface area (Å²) in [5, 5.41) is 0. The third kappa shape index (κ3) is 2.36. The molecule has 1 nitrogen and oxygen atoms in total. The fourth-order valence-corrected chi connectivity index (χ4v) is 2.36. The van der Waals surface area contributed by atoms with Crippen LogP contribution in [0.15, 0.2) is 25.9 Å². The molecule has 0 aromatic heterocycles. The average Bonchev–Trinajstić information content (AvgIpc) is 2.32. The molecule has 60 valence electrons. The van der Waals surface area contributed by atoms with E-state index in [9.17, 15) is 0 Å². The summed E-state index contributed by atoms with van der Waals surface area (Å²) in [7, 11) is 0. The van der Waals surface area contributed by atoms with E-state index in [-0.39, 0.29) is 0 Å². The molecule has 1 heterocycles. The number of rotatable bonds is 1. The van der Waals surface area contributed by atoms with Crippen LogP contribution in [0.1, 0.15) is 6.92 Å². The summed E-state index contributed by atoms with van der Waals surface area (Å²) in [5.74, 6) is 0. The first-order valence-electron chi connectivity index (χ1n) is 3.10. The first kappa shape index (κ1) is 9.36. The quantitative estimate of drug-likeness (QED) is 0.514. The van der Waals surface area contributed by atoms with Crippen molar-refractivity contribution in [2.75, 3.05) is 6.00 Å². The van der Waals surface area contributed by atoms with E-state index in [1.165, 1.54) is 0 Å². The smallest absolute Gasteiger partial charge is 0.114 e. The average molecular weight is 253 g/mol. The molecule has 0 saturated heterocycles. The van der Waals surface area contributed by atoms with Gasteiger partial charge in [-0.05, 0) is 28.9 Å². The largest absolute Gasteiger partial charge is 0.268 e. The van der Waals surface area contributed by atoms with Crippen molar-refractivity contribution in [1.82, 2.24) is 0 Å². The molecule has 0 unspecified atom stereocenters. The fraction of sp³-hybridized carbons (Fsp3) is 0.286. The number of allylic oxidation sites excluding steroid dienone is 3. The predicted octanol–water partition coefficient (Wildman–Crippen LogP) is 3.51. The third-order valence-corrected chi connectivity index (χ3v) is 3.01. The molecule has 11 heavy (non-hydrogen) atoms. The van der Waals surface area contributed by atoms with E-state index in [1.807, 2.05) is 19.1 Å². The Morgan fingerprint density at radius 3 is 3.09 bits per heavy atom. The van der Waals surface area contributed by atoms with E-state index < -0.39 is 0 Å². The monoisotopic (exact) mass is 251 g/mol. The van der Waals surface area contributed by atoms with Gasteiger partial charge in [0.25, 0.3) is 0 Å². The Labute approximate surface area is 83.7 Å². The Hall–Kier alpha value is 0.270. The van der Waals surface area contributed by atoms with Crippen LogP contribution in [0.5, 0.6) is 0 Å². The number of hydrogen-bond acceptors (Lipinski definition) is 2. The summed E-state index contributed by atoms with van der Waals surface area (Å²) < 4.78 is 1.09. The van der Waals surface area contributed by atoms with Crippen LogP contribution >= 0.6 is 39.3 Å². The van der Waals surface area contributed by atoms with Crippen LogP contribution in [0.25, 0.3) is 0 Å². The molecule has 0 aliphatic carbocycles. The summed E-state index contributed by atoms with van der Waals surface area (Å²) in [5.41, 5.74) is 0.972. The second-order valence-corrected chi connectivity index (χ2v) is 4.57. The summed E-state index contributed by atoms with van der Waals surface area (Å²) in [6.07, 6.45) is 4.00. The zero-order valence-electron chi connectivity index (χ0n) is 5.97. The Balaban J connectivity index is 2.86. The fourth-order valence-electron chi connectivity index (χ4n) is 0.760. The topological polar surface area (TPSA) is 12.4 Å². The van der Waals surface area contributed by atoms with E-state index in [1.54, 1.807) is 11.8 Å². The van der Waals surface area contributed by atoms with Gasteiger partial charge in [0.05, 0.1) is 9.53 Å². The van der Waals surface area contributed by atoms with Gasteiger partial charge in [-0.25, -0.2) is 0 Å². The molecular weight excluding hydrogens is 246 g/mol. The minimum absolute atomic E-state index is 0.323. The predicted molar refractivity (Wildman–Crippen MR) is 56.5 cm³/mol. The van der Waals surface area contributed by atoms with Crippen molar-refractivity contribution in [2.24, 2.45) is 4.99 Å². The van der Waals surface area contributed by atoms with Gasteiger partial charge in [0.1, 0.15) is 6.00 Å². The van der Waals surface area contributed by atoms with Crippen molar-refractivity contribution in [3.63, 3.8) is 0 Å². The molecule has 0 fully saturated rings. The van der Waals surface area contributed by atoms with Gasteiger partial charge in [0, 0.05) is 4.91 Å². The van der Waals surface area contributed by atoms with Crippen LogP contribution in [0, 0.1) is 0 Å². The van der Waals surface area contributed by atoms with Crippen LogP contribution < -0.4 is 0 Å². The maximum atomic E-state index is 5.48. The molecule has 0 spiro atoms. The number of hydrogen-bond donors (Lipinski definition) is 0. The number of aliphatic imine (C=N–C) groups is 1. The summed E-state index contributed by atoms with van der Waals surface area (Å²) in [6.45, 7) is 1.99. The molecule has 0 amide bonds. The number of nitrogens with zero attached hydrogens (tertiary/aromatic N) is 1. The van der Waals surface area contributed by atoms with E-state index in [0.717, 1.165) is 14.4 Å². The lowest BCUT2D eigenvalue weighted by Gasteiger charge is -1.94. The van der Waals surface area contributed by atoms with Gasteiger partial charge in [0.2, 0.25) is 0 Å². The maximum Gasteiger partial charge on any atom is 0.114 e. The second kappa shape index (κ2) is 4.33. The van der Waals surface area contributed by atoms with Gasteiger partial charge in [-0.1, -0.05) is 17.8 Å². The van der Waals surface area contributed by atoms with Crippen molar-refractivity contribution >= 4 is 45.0 Å². The van der Waals surface area contributed by atoms with Crippen LogP contribution in [0.2, 0.25) is 0 Å². The van der Waals surface area contributed by atoms with Crippen LogP contribution in [-0.4, -0.2) is 11.7 Å². The van der Waals surface area contributed by atoms with Crippen molar-refractivity contribution in [1.29, 1.82) is 0 Å². The molecule has 0 N–H and O–H groups in total. The highest BCUT2D eigenvalue weighted by atomic mass is 79.9. The molecule has 1 aliphatic rings. The first-order valence-corrected chi connectivity index (χ1v) is 5.24. The molecule has 0 saturated carbocycles. The molecule has 1 aliphatic heterocycles. The molecule has 4 heteroatoms. The van der Waals surface area contributed by atoms with Gasteiger partial charge in [0.15, 0.2) is 0 Å². The summed E-state index contributed by atoms with van der Waals surface area (Å²) in [4.78, 5) is 5.28. The van der Waals surface area contributed by atoms with Crippen LogP contribution in [0.4, 0.5) is 0 Å². The maximum absolute atomic E-state index is 5.48. The molecule has 0 aromatic carbocycles. The molecule has 0 atom stereocenters. The number of halogens is 2. The first-order chi connectivity index (χ1) is 5.27. The second-order valence-electron chi connectivity index (χ2n) is 1.87. The van der Waals surface area contributed by atoms with E-state index in [4.69, 9.17) is 11.6 Å². The lowest BCUT2D eigenvalue weighted by molar-refractivity contribution is 1.37. The van der Waals surface area contributed by atoms with Gasteiger partial charge < -0.3 is 0 Å².